The van der Waals surface area contributed by atoms with Crippen molar-refractivity contribution in [2.75, 3.05) is 26.8 Å². The third-order valence-corrected chi connectivity index (χ3v) is 3.51. The van der Waals surface area contributed by atoms with Gasteiger partial charge < -0.3 is 19.9 Å². The van der Waals surface area contributed by atoms with Gasteiger partial charge >= 0.3 is 0 Å². The average Bonchev–Trinajstić information content (AvgIpc) is 2.96. The predicted octanol–water partition coefficient (Wildman–Crippen LogP) is 1.89. The van der Waals surface area contributed by atoms with Gasteiger partial charge in [0.2, 0.25) is 0 Å². The van der Waals surface area contributed by atoms with E-state index in [0.717, 1.165) is 30.9 Å². The zero-order valence-electron chi connectivity index (χ0n) is 11.5. The van der Waals surface area contributed by atoms with E-state index in [9.17, 15) is 5.11 Å². The molecule has 2 N–H and O–H groups in total. The molecule has 0 aliphatic carbocycles. The molecule has 2 rings (SSSR count). The number of hydrogen-bond acceptors (Lipinski definition) is 4. The summed E-state index contributed by atoms with van der Waals surface area (Å²) < 4.78 is 10.6. The van der Waals surface area contributed by atoms with Crippen molar-refractivity contribution in [2.24, 2.45) is 0 Å². The normalized spacial score (nSPS) is 20.4. The van der Waals surface area contributed by atoms with Crippen LogP contribution >= 0.6 is 0 Å². The Morgan fingerprint density at radius 3 is 2.84 bits per heavy atom. The average molecular weight is 265 g/mol. The maximum atomic E-state index is 10.0. The monoisotopic (exact) mass is 265 g/mol. The fourth-order valence-corrected chi connectivity index (χ4v) is 2.32. The first kappa shape index (κ1) is 14.3. The summed E-state index contributed by atoms with van der Waals surface area (Å²) in [4.78, 5) is 0. The summed E-state index contributed by atoms with van der Waals surface area (Å²) in [6, 6.07) is 7.52. The second-order valence-corrected chi connectivity index (χ2v) is 4.92. The highest BCUT2D eigenvalue weighted by molar-refractivity contribution is 5.28. The Labute approximate surface area is 114 Å². The molecule has 4 heteroatoms. The predicted molar refractivity (Wildman–Crippen MR) is 74.4 cm³/mol. The van der Waals surface area contributed by atoms with Gasteiger partial charge in [-0.15, -0.1) is 0 Å². The van der Waals surface area contributed by atoms with Gasteiger partial charge in [0.05, 0.1) is 19.3 Å². The van der Waals surface area contributed by atoms with Crippen molar-refractivity contribution in [3.05, 3.63) is 29.8 Å². The number of hydrogen-bond donors (Lipinski definition) is 2. The van der Waals surface area contributed by atoms with E-state index in [0.29, 0.717) is 12.6 Å². The summed E-state index contributed by atoms with van der Waals surface area (Å²) in [5.74, 6) is 0.808. The zero-order valence-corrected chi connectivity index (χ0v) is 11.5. The summed E-state index contributed by atoms with van der Waals surface area (Å²) in [7, 11) is 1.64. The Bertz CT molecular complexity index is 360. The van der Waals surface area contributed by atoms with Crippen LogP contribution in [-0.2, 0) is 4.74 Å². The fourth-order valence-electron chi connectivity index (χ4n) is 2.32. The summed E-state index contributed by atoms with van der Waals surface area (Å²) in [6.45, 7) is 2.36. The lowest BCUT2D eigenvalue weighted by molar-refractivity contribution is 0.102. The molecule has 0 spiro atoms. The highest BCUT2D eigenvalue weighted by atomic mass is 16.5. The Morgan fingerprint density at radius 1 is 1.42 bits per heavy atom. The minimum atomic E-state index is -0.476. The van der Waals surface area contributed by atoms with E-state index in [1.54, 1.807) is 7.11 Å². The first-order valence-corrected chi connectivity index (χ1v) is 6.94. The zero-order chi connectivity index (χ0) is 13.5. The molecule has 2 unspecified atom stereocenters. The Morgan fingerprint density at radius 2 is 2.21 bits per heavy atom. The topological polar surface area (TPSA) is 50.7 Å². The Balaban J connectivity index is 1.66. The number of aliphatic hydroxyl groups excluding tert-OH is 1. The number of rotatable bonds is 7. The lowest BCUT2D eigenvalue weighted by Crippen LogP contribution is -2.25. The van der Waals surface area contributed by atoms with Crippen LogP contribution in [0, 0.1) is 0 Å². The fraction of sp³-hybridized carbons (Fsp3) is 0.600. The molecule has 19 heavy (non-hydrogen) atoms. The van der Waals surface area contributed by atoms with Crippen LogP contribution in [0.4, 0.5) is 0 Å². The molecule has 1 aromatic carbocycles. The van der Waals surface area contributed by atoms with Crippen molar-refractivity contribution in [1.29, 1.82) is 0 Å². The summed E-state index contributed by atoms with van der Waals surface area (Å²) in [6.07, 6.45) is 3.30. The van der Waals surface area contributed by atoms with Crippen LogP contribution in [0.2, 0.25) is 0 Å². The van der Waals surface area contributed by atoms with Crippen LogP contribution in [0.1, 0.15) is 30.9 Å². The molecule has 0 radical (unpaired) electrons. The van der Waals surface area contributed by atoms with Gasteiger partial charge in [0.15, 0.2) is 0 Å². The molecule has 1 saturated heterocycles. The van der Waals surface area contributed by atoms with E-state index in [1.807, 2.05) is 24.3 Å². The van der Waals surface area contributed by atoms with E-state index in [-0.39, 0.29) is 0 Å². The van der Waals surface area contributed by atoms with Gasteiger partial charge in [-0.05, 0) is 43.5 Å². The molecule has 106 valence electrons. The van der Waals surface area contributed by atoms with E-state index >= 15 is 0 Å². The maximum absolute atomic E-state index is 10.0. The molecule has 1 heterocycles. The van der Waals surface area contributed by atoms with E-state index in [1.165, 1.54) is 12.8 Å². The Kier molecular flexibility index (Phi) is 5.63. The lowest BCUT2D eigenvalue weighted by atomic mass is 10.1. The maximum Gasteiger partial charge on any atom is 0.118 e. The van der Waals surface area contributed by atoms with Gasteiger partial charge in [-0.25, -0.2) is 0 Å². The molecule has 2 atom stereocenters. The van der Waals surface area contributed by atoms with Gasteiger partial charge in [-0.1, -0.05) is 12.1 Å². The van der Waals surface area contributed by atoms with Crippen molar-refractivity contribution in [2.45, 2.75) is 31.5 Å². The number of nitrogens with one attached hydrogen (secondary N) is 1. The highest BCUT2D eigenvalue weighted by Crippen LogP contribution is 2.17. The molecule has 1 aliphatic rings. The van der Waals surface area contributed by atoms with Crippen molar-refractivity contribution in [1.82, 2.24) is 5.32 Å². The van der Waals surface area contributed by atoms with E-state index in [2.05, 4.69) is 5.32 Å². The van der Waals surface area contributed by atoms with Crippen LogP contribution in [0.15, 0.2) is 24.3 Å². The molecule has 1 fully saturated rings. The third kappa shape index (κ3) is 4.49. The van der Waals surface area contributed by atoms with Gasteiger partial charge in [-0.2, -0.15) is 0 Å². The van der Waals surface area contributed by atoms with Crippen LogP contribution in [-0.4, -0.2) is 38.0 Å². The van der Waals surface area contributed by atoms with Crippen LogP contribution in [0.3, 0.4) is 0 Å². The van der Waals surface area contributed by atoms with Gasteiger partial charge in [-0.3, -0.25) is 0 Å². The van der Waals surface area contributed by atoms with E-state index < -0.39 is 6.10 Å². The Hall–Kier alpha value is -1.10. The smallest absolute Gasteiger partial charge is 0.118 e. The molecule has 1 aromatic rings. The van der Waals surface area contributed by atoms with E-state index in [4.69, 9.17) is 9.47 Å². The summed E-state index contributed by atoms with van der Waals surface area (Å²) >= 11 is 0. The molecule has 0 aromatic heterocycles. The van der Waals surface area contributed by atoms with Crippen molar-refractivity contribution in [3.63, 3.8) is 0 Å². The van der Waals surface area contributed by atoms with Gasteiger partial charge in [0.1, 0.15) is 5.75 Å². The largest absolute Gasteiger partial charge is 0.497 e. The number of benzene rings is 1. The first-order chi connectivity index (χ1) is 9.29. The molecular formula is C15H23NO3. The van der Waals surface area contributed by atoms with Crippen molar-refractivity contribution >= 4 is 0 Å². The molecule has 1 aliphatic heterocycles. The van der Waals surface area contributed by atoms with Crippen molar-refractivity contribution in [3.8, 4) is 5.75 Å². The molecule has 0 amide bonds. The quantitative estimate of drug-likeness (QED) is 0.739. The van der Waals surface area contributed by atoms with Gasteiger partial charge in [0, 0.05) is 13.2 Å². The molecule has 0 saturated carbocycles. The molecular weight excluding hydrogens is 242 g/mol. The number of aliphatic hydroxyl groups is 1. The van der Waals surface area contributed by atoms with Gasteiger partial charge in [0.25, 0.3) is 0 Å². The van der Waals surface area contributed by atoms with Crippen molar-refractivity contribution < 1.29 is 14.6 Å². The molecule has 4 nitrogen and oxygen atoms in total. The minimum absolute atomic E-state index is 0.408. The first-order valence-electron chi connectivity index (χ1n) is 6.94. The second kappa shape index (κ2) is 7.48. The standard InChI is InChI=1S/C15H23NO3/c1-18-13-6-4-12(5-7-13)15(17)11-16-9-8-14-3-2-10-19-14/h4-7,14-17H,2-3,8-11H2,1H3. The summed E-state index contributed by atoms with van der Waals surface area (Å²) in [5, 5.41) is 13.3. The second-order valence-electron chi connectivity index (χ2n) is 4.92. The SMILES string of the molecule is COc1ccc(C(O)CNCCC2CCCO2)cc1. The molecule has 0 bridgehead atoms. The van der Waals surface area contributed by atoms with Crippen LogP contribution < -0.4 is 10.1 Å². The highest BCUT2D eigenvalue weighted by Gasteiger charge is 2.14. The van der Waals surface area contributed by atoms with Crippen LogP contribution in [0.5, 0.6) is 5.75 Å². The minimum Gasteiger partial charge on any atom is -0.497 e. The lowest BCUT2D eigenvalue weighted by Gasteiger charge is -2.14. The number of methoxy groups -OCH3 is 1. The van der Waals surface area contributed by atoms with Crippen LogP contribution in [0.25, 0.3) is 0 Å². The third-order valence-electron chi connectivity index (χ3n) is 3.51. The summed E-state index contributed by atoms with van der Waals surface area (Å²) in [5.41, 5.74) is 0.908. The number of ether oxygens (including phenoxy) is 2.